The summed E-state index contributed by atoms with van der Waals surface area (Å²) in [6.07, 6.45) is 0. The highest BCUT2D eigenvalue weighted by Gasteiger charge is 2.25. The van der Waals surface area contributed by atoms with Crippen LogP contribution in [0.5, 0.6) is 0 Å². The molecule has 2 rings (SSSR count). The van der Waals surface area contributed by atoms with Gasteiger partial charge in [-0.25, -0.2) is 0 Å². The molecule has 1 aromatic rings. The van der Waals surface area contributed by atoms with Gasteiger partial charge in [0.2, 0.25) is 0 Å². The van der Waals surface area contributed by atoms with Crippen LogP contribution in [0.25, 0.3) is 0 Å². The molecule has 1 aliphatic heterocycles. The van der Waals surface area contributed by atoms with E-state index in [2.05, 4.69) is 45.1 Å². The number of ether oxygens (including phenoxy) is 1. The van der Waals surface area contributed by atoms with Crippen LogP contribution in [0.4, 0.5) is 0 Å². The van der Waals surface area contributed by atoms with Crippen molar-refractivity contribution in [1.29, 1.82) is 0 Å². The Morgan fingerprint density at radius 2 is 2.17 bits per heavy atom. The Bertz CT molecular complexity index is 347. The van der Waals surface area contributed by atoms with Gasteiger partial charge in [0.15, 0.2) is 0 Å². The minimum atomic E-state index is 0.143. The lowest BCUT2D eigenvalue weighted by Crippen LogP contribution is -2.49. The third-order valence-electron chi connectivity index (χ3n) is 3.47. The van der Waals surface area contributed by atoms with Gasteiger partial charge in [-0.1, -0.05) is 46.3 Å². The molecule has 2 unspecified atom stereocenters. The van der Waals surface area contributed by atoms with E-state index in [0.717, 1.165) is 25.0 Å². The van der Waals surface area contributed by atoms with Crippen molar-refractivity contribution >= 4 is 15.9 Å². The van der Waals surface area contributed by atoms with Gasteiger partial charge >= 0.3 is 0 Å². The number of alkyl halides is 1. The van der Waals surface area contributed by atoms with Crippen LogP contribution in [0.3, 0.4) is 0 Å². The summed E-state index contributed by atoms with van der Waals surface area (Å²) in [6, 6.07) is 10.7. The van der Waals surface area contributed by atoms with E-state index in [0.29, 0.717) is 12.5 Å². The second-order valence-electron chi connectivity index (χ2n) is 4.67. The lowest BCUT2D eigenvalue weighted by Gasteiger charge is -2.36. The zero-order valence-electron chi connectivity index (χ0n) is 10.5. The topological polar surface area (TPSA) is 32.7 Å². The van der Waals surface area contributed by atoms with Crippen LogP contribution in [0.15, 0.2) is 30.3 Å². The molecule has 4 heteroatoms. The highest BCUT2D eigenvalue weighted by atomic mass is 79.9. The number of halogens is 1. The highest BCUT2D eigenvalue weighted by Crippen LogP contribution is 2.21. The molecule has 1 saturated heterocycles. The van der Waals surface area contributed by atoms with Gasteiger partial charge in [0.1, 0.15) is 0 Å². The summed E-state index contributed by atoms with van der Waals surface area (Å²) in [5.74, 6) is 0.457. The Hall–Kier alpha value is -0.420. The van der Waals surface area contributed by atoms with Crippen LogP contribution in [0.1, 0.15) is 11.5 Å². The van der Waals surface area contributed by atoms with Crippen molar-refractivity contribution in [3.05, 3.63) is 35.9 Å². The van der Waals surface area contributed by atoms with Crippen LogP contribution < -0.4 is 0 Å². The van der Waals surface area contributed by atoms with Gasteiger partial charge in [0, 0.05) is 24.3 Å². The second kappa shape index (κ2) is 7.24. The first-order valence-corrected chi connectivity index (χ1v) is 7.51. The Labute approximate surface area is 117 Å². The summed E-state index contributed by atoms with van der Waals surface area (Å²) in [6.45, 7) is 3.44. The van der Waals surface area contributed by atoms with Gasteiger partial charge in [-0.3, -0.25) is 4.90 Å². The molecule has 1 aliphatic rings. The maximum absolute atomic E-state index is 9.38. The molecule has 3 nitrogen and oxygen atoms in total. The van der Waals surface area contributed by atoms with Crippen LogP contribution >= 0.6 is 15.9 Å². The molecule has 0 aromatic heterocycles. The first-order valence-electron chi connectivity index (χ1n) is 6.38. The van der Waals surface area contributed by atoms with E-state index in [-0.39, 0.29) is 12.6 Å². The predicted molar refractivity (Wildman–Crippen MR) is 76.2 cm³/mol. The lowest BCUT2D eigenvalue weighted by molar-refractivity contribution is -0.0289. The first kappa shape index (κ1) is 14.0. The summed E-state index contributed by atoms with van der Waals surface area (Å²) in [4.78, 5) is 2.34. The van der Waals surface area contributed by atoms with E-state index < -0.39 is 0 Å². The van der Waals surface area contributed by atoms with Gasteiger partial charge in [-0.05, 0) is 5.56 Å². The molecule has 1 N–H and O–H groups in total. The molecule has 100 valence electrons. The number of nitrogens with zero attached hydrogens (tertiary/aromatic N) is 1. The molecule has 18 heavy (non-hydrogen) atoms. The Morgan fingerprint density at radius 1 is 1.39 bits per heavy atom. The SMILES string of the molecule is OCC1COCCN1CC(CBr)c1ccccc1. The number of benzene rings is 1. The second-order valence-corrected chi connectivity index (χ2v) is 5.32. The van der Waals surface area contributed by atoms with Gasteiger partial charge < -0.3 is 9.84 Å². The molecule has 0 amide bonds. The fourth-order valence-electron chi connectivity index (χ4n) is 2.35. The van der Waals surface area contributed by atoms with Crippen LogP contribution in [-0.2, 0) is 4.74 Å². The molecule has 1 fully saturated rings. The fourth-order valence-corrected chi connectivity index (χ4v) is 2.93. The lowest BCUT2D eigenvalue weighted by atomic mass is 10.00. The van der Waals surface area contributed by atoms with E-state index in [1.54, 1.807) is 0 Å². The largest absolute Gasteiger partial charge is 0.395 e. The van der Waals surface area contributed by atoms with Gasteiger partial charge in [-0.2, -0.15) is 0 Å². The quantitative estimate of drug-likeness (QED) is 0.842. The molecule has 0 aliphatic carbocycles. The summed E-state index contributed by atoms with van der Waals surface area (Å²) in [7, 11) is 0. The maximum atomic E-state index is 9.38. The summed E-state index contributed by atoms with van der Waals surface area (Å²) in [5.41, 5.74) is 1.34. The summed E-state index contributed by atoms with van der Waals surface area (Å²) >= 11 is 3.60. The van der Waals surface area contributed by atoms with Crippen molar-refractivity contribution in [2.45, 2.75) is 12.0 Å². The van der Waals surface area contributed by atoms with Gasteiger partial charge in [0.05, 0.1) is 25.9 Å². The van der Waals surface area contributed by atoms with Crippen LogP contribution in [0.2, 0.25) is 0 Å². The van der Waals surface area contributed by atoms with E-state index in [1.165, 1.54) is 5.56 Å². The standard InChI is InChI=1S/C14H20BrNO2/c15-8-13(12-4-2-1-3-5-12)9-16-6-7-18-11-14(16)10-17/h1-5,13-14,17H,6-11H2. The smallest absolute Gasteiger partial charge is 0.0644 e. The van der Waals surface area contributed by atoms with Crippen molar-refractivity contribution in [3.63, 3.8) is 0 Å². The highest BCUT2D eigenvalue weighted by molar-refractivity contribution is 9.09. The number of aliphatic hydroxyl groups is 1. The minimum Gasteiger partial charge on any atom is -0.395 e. The number of hydrogen-bond donors (Lipinski definition) is 1. The summed E-state index contributed by atoms with van der Waals surface area (Å²) in [5, 5.41) is 10.3. The van der Waals surface area contributed by atoms with Crippen molar-refractivity contribution in [2.75, 3.05) is 38.2 Å². The van der Waals surface area contributed by atoms with Gasteiger partial charge in [0.25, 0.3) is 0 Å². The molecule has 1 aromatic carbocycles. The van der Waals surface area contributed by atoms with E-state index in [9.17, 15) is 5.11 Å². The molecule has 0 radical (unpaired) electrons. The molecule has 0 spiro atoms. The third-order valence-corrected chi connectivity index (χ3v) is 4.25. The third kappa shape index (κ3) is 3.54. The minimum absolute atomic E-state index is 0.143. The van der Waals surface area contributed by atoms with Crippen molar-refractivity contribution in [2.24, 2.45) is 0 Å². The monoisotopic (exact) mass is 313 g/mol. The van der Waals surface area contributed by atoms with Crippen molar-refractivity contribution in [1.82, 2.24) is 4.90 Å². The Kier molecular flexibility index (Phi) is 5.63. The first-order chi connectivity index (χ1) is 8.85. The number of hydrogen-bond acceptors (Lipinski definition) is 3. The van der Waals surface area contributed by atoms with Crippen molar-refractivity contribution < 1.29 is 9.84 Å². The summed E-state index contributed by atoms with van der Waals surface area (Å²) < 4.78 is 5.41. The number of aliphatic hydroxyl groups excluding tert-OH is 1. The van der Waals surface area contributed by atoms with Crippen LogP contribution in [0, 0.1) is 0 Å². The van der Waals surface area contributed by atoms with Crippen molar-refractivity contribution in [3.8, 4) is 0 Å². The average Bonchev–Trinajstić information content (AvgIpc) is 2.46. The fraction of sp³-hybridized carbons (Fsp3) is 0.571. The molecule has 0 saturated carbocycles. The van der Waals surface area contributed by atoms with Crippen LogP contribution in [-0.4, -0.2) is 54.3 Å². The zero-order chi connectivity index (χ0) is 12.8. The molecule has 2 atom stereocenters. The zero-order valence-corrected chi connectivity index (χ0v) is 12.1. The Morgan fingerprint density at radius 3 is 2.83 bits per heavy atom. The normalized spacial score (nSPS) is 22.9. The average molecular weight is 314 g/mol. The van der Waals surface area contributed by atoms with E-state index in [4.69, 9.17) is 4.74 Å². The Balaban J connectivity index is 2.01. The number of rotatable bonds is 5. The van der Waals surface area contributed by atoms with E-state index >= 15 is 0 Å². The van der Waals surface area contributed by atoms with E-state index in [1.807, 2.05) is 6.07 Å². The molecule has 0 bridgehead atoms. The molecular formula is C14H20BrNO2. The van der Waals surface area contributed by atoms with Gasteiger partial charge in [-0.15, -0.1) is 0 Å². The number of morpholine rings is 1. The molecule has 1 heterocycles. The maximum Gasteiger partial charge on any atom is 0.0644 e. The molecular weight excluding hydrogens is 294 g/mol. The predicted octanol–water partition coefficient (Wildman–Crippen LogP) is 1.86.